The van der Waals surface area contributed by atoms with Crippen LogP contribution in [0.4, 0.5) is 0 Å². The van der Waals surface area contributed by atoms with Crippen molar-refractivity contribution in [2.45, 2.75) is 0 Å². The maximum absolute atomic E-state index is 5.19. The van der Waals surface area contributed by atoms with E-state index in [1.165, 1.54) is 0 Å². The second-order valence-electron chi connectivity index (χ2n) is 2.56. The van der Waals surface area contributed by atoms with Crippen LogP contribution in [-0.2, 0) is 0 Å². The zero-order valence-electron chi connectivity index (χ0n) is 6.82. The maximum atomic E-state index is 5.19. The number of hydrogen-bond donors (Lipinski definition) is 0. The Kier molecular flexibility index (Phi) is 1.67. The fourth-order valence-corrected chi connectivity index (χ4v) is 1.26. The molecule has 0 saturated carbocycles. The third-order valence-corrected chi connectivity index (χ3v) is 1.86. The van der Waals surface area contributed by atoms with Gasteiger partial charge in [0.1, 0.15) is 5.75 Å². The molecule has 2 rings (SSSR count). The van der Waals surface area contributed by atoms with Crippen molar-refractivity contribution in [1.82, 2.24) is 4.98 Å². The van der Waals surface area contributed by atoms with E-state index in [1.54, 1.807) is 13.3 Å². The number of benzene rings is 1. The van der Waals surface area contributed by atoms with Crippen molar-refractivity contribution in [2.75, 3.05) is 7.11 Å². The van der Waals surface area contributed by atoms with Crippen molar-refractivity contribution < 1.29 is 4.74 Å². The van der Waals surface area contributed by atoms with Gasteiger partial charge >= 0.3 is 0 Å². The van der Waals surface area contributed by atoms with E-state index < -0.39 is 0 Å². The van der Waals surface area contributed by atoms with Crippen LogP contribution in [0.3, 0.4) is 0 Å². The fourth-order valence-electron chi connectivity index (χ4n) is 1.26. The number of rotatable bonds is 1. The predicted molar refractivity (Wildman–Crippen MR) is 48.3 cm³/mol. The lowest BCUT2D eigenvalue weighted by atomic mass is 10.2. The predicted octanol–water partition coefficient (Wildman–Crippen LogP) is 2.24. The lowest BCUT2D eigenvalue weighted by molar-refractivity contribution is 0.419. The first kappa shape index (κ1) is 7.10. The molecule has 0 aliphatic heterocycles. The first-order valence-electron chi connectivity index (χ1n) is 3.78. The standard InChI is InChI=1S/C10H9NO/c1-12-10-4-2-3-8-5-6-11-7-9(8)10/h2-7H,1H3. The van der Waals surface area contributed by atoms with E-state index in [4.69, 9.17) is 4.74 Å². The molecule has 60 valence electrons. The highest BCUT2D eigenvalue weighted by Gasteiger charge is 1.97. The molecule has 12 heavy (non-hydrogen) atoms. The minimum absolute atomic E-state index is 0.876. The van der Waals surface area contributed by atoms with Gasteiger partial charge in [0.05, 0.1) is 7.11 Å². The minimum atomic E-state index is 0.876. The zero-order chi connectivity index (χ0) is 8.39. The van der Waals surface area contributed by atoms with Crippen molar-refractivity contribution in [1.29, 1.82) is 0 Å². The maximum Gasteiger partial charge on any atom is 0.128 e. The highest BCUT2D eigenvalue weighted by atomic mass is 16.5. The summed E-state index contributed by atoms with van der Waals surface area (Å²) in [5.41, 5.74) is 0. The van der Waals surface area contributed by atoms with Gasteiger partial charge in [-0.1, -0.05) is 12.1 Å². The molecule has 0 fully saturated rings. The molecule has 0 spiro atoms. The second-order valence-corrected chi connectivity index (χ2v) is 2.56. The molecule has 1 heterocycles. The van der Waals surface area contributed by atoms with Gasteiger partial charge in [0, 0.05) is 17.8 Å². The molecule has 1 aromatic heterocycles. The molecular formula is C10H9NO. The van der Waals surface area contributed by atoms with Gasteiger partial charge in [-0.3, -0.25) is 4.98 Å². The lowest BCUT2D eigenvalue weighted by Gasteiger charge is -2.02. The second kappa shape index (κ2) is 2.81. The average molecular weight is 159 g/mol. The van der Waals surface area contributed by atoms with Crippen molar-refractivity contribution in [3.8, 4) is 5.75 Å². The third-order valence-electron chi connectivity index (χ3n) is 1.86. The Morgan fingerprint density at radius 2 is 2.17 bits per heavy atom. The van der Waals surface area contributed by atoms with E-state index in [2.05, 4.69) is 4.98 Å². The highest BCUT2D eigenvalue weighted by Crippen LogP contribution is 2.23. The molecule has 0 bridgehead atoms. The molecular weight excluding hydrogens is 150 g/mol. The van der Waals surface area contributed by atoms with Gasteiger partial charge in [-0.25, -0.2) is 0 Å². The van der Waals surface area contributed by atoms with Crippen LogP contribution in [-0.4, -0.2) is 12.1 Å². The average Bonchev–Trinajstić information content (AvgIpc) is 2.17. The molecule has 0 atom stereocenters. The van der Waals surface area contributed by atoms with Gasteiger partial charge in [0.15, 0.2) is 0 Å². The Morgan fingerprint density at radius 3 is 3.00 bits per heavy atom. The van der Waals surface area contributed by atoms with Crippen LogP contribution in [0, 0.1) is 0 Å². The number of nitrogens with zero attached hydrogens (tertiary/aromatic N) is 1. The van der Waals surface area contributed by atoms with Gasteiger partial charge in [-0.05, 0) is 17.5 Å². The van der Waals surface area contributed by atoms with Gasteiger partial charge in [0.2, 0.25) is 0 Å². The minimum Gasteiger partial charge on any atom is -0.496 e. The van der Waals surface area contributed by atoms with E-state index in [0.717, 1.165) is 16.5 Å². The number of pyridine rings is 1. The molecule has 2 heteroatoms. The van der Waals surface area contributed by atoms with Crippen molar-refractivity contribution >= 4 is 10.8 Å². The van der Waals surface area contributed by atoms with E-state index in [9.17, 15) is 0 Å². The van der Waals surface area contributed by atoms with Crippen LogP contribution in [0.15, 0.2) is 36.7 Å². The Labute approximate surface area is 70.8 Å². The van der Waals surface area contributed by atoms with E-state index in [-0.39, 0.29) is 0 Å². The number of fused-ring (bicyclic) bond motifs is 1. The molecule has 0 N–H and O–H groups in total. The third kappa shape index (κ3) is 1.01. The summed E-state index contributed by atoms with van der Waals surface area (Å²) in [5, 5.41) is 2.21. The smallest absolute Gasteiger partial charge is 0.128 e. The summed E-state index contributed by atoms with van der Waals surface area (Å²) in [4.78, 5) is 4.04. The molecule has 0 aliphatic rings. The highest BCUT2D eigenvalue weighted by molar-refractivity contribution is 5.87. The summed E-state index contributed by atoms with van der Waals surface area (Å²) >= 11 is 0. The molecule has 0 amide bonds. The molecule has 0 radical (unpaired) electrons. The SMILES string of the molecule is COc1cccc2ccncc12. The first-order valence-corrected chi connectivity index (χ1v) is 3.78. The summed E-state index contributed by atoms with van der Waals surface area (Å²) in [6.45, 7) is 0. The molecule has 2 nitrogen and oxygen atoms in total. The monoisotopic (exact) mass is 159 g/mol. The Balaban J connectivity index is 2.79. The Hall–Kier alpha value is -1.57. The van der Waals surface area contributed by atoms with E-state index >= 15 is 0 Å². The van der Waals surface area contributed by atoms with E-state index in [0.29, 0.717) is 0 Å². The number of ether oxygens (including phenoxy) is 1. The van der Waals surface area contributed by atoms with Crippen LogP contribution in [0.5, 0.6) is 5.75 Å². The van der Waals surface area contributed by atoms with Gasteiger partial charge in [-0.2, -0.15) is 0 Å². The number of methoxy groups -OCH3 is 1. The van der Waals surface area contributed by atoms with Crippen molar-refractivity contribution in [3.05, 3.63) is 36.7 Å². The quantitative estimate of drug-likeness (QED) is 0.636. The van der Waals surface area contributed by atoms with E-state index in [1.807, 2.05) is 30.5 Å². The largest absolute Gasteiger partial charge is 0.496 e. The molecule has 2 aromatic rings. The lowest BCUT2D eigenvalue weighted by Crippen LogP contribution is -1.84. The van der Waals surface area contributed by atoms with Crippen molar-refractivity contribution in [2.24, 2.45) is 0 Å². The summed E-state index contributed by atoms with van der Waals surface area (Å²) < 4.78 is 5.19. The van der Waals surface area contributed by atoms with Crippen LogP contribution >= 0.6 is 0 Å². The number of hydrogen-bond acceptors (Lipinski definition) is 2. The molecule has 0 aliphatic carbocycles. The fraction of sp³-hybridized carbons (Fsp3) is 0.100. The Morgan fingerprint density at radius 1 is 1.25 bits per heavy atom. The van der Waals surface area contributed by atoms with Gasteiger partial charge in [-0.15, -0.1) is 0 Å². The van der Waals surface area contributed by atoms with Crippen molar-refractivity contribution in [3.63, 3.8) is 0 Å². The molecule has 0 saturated heterocycles. The zero-order valence-corrected chi connectivity index (χ0v) is 6.82. The summed E-state index contributed by atoms with van der Waals surface area (Å²) in [6.07, 6.45) is 3.59. The first-order chi connectivity index (χ1) is 5.92. The summed E-state index contributed by atoms with van der Waals surface area (Å²) in [5.74, 6) is 0.876. The van der Waals surface area contributed by atoms with Crippen LogP contribution < -0.4 is 4.74 Å². The number of aromatic nitrogens is 1. The molecule has 0 unspecified atom stereocenters. The summed E-state index contributed by atoms with van der Waals surface area (Å²) in [7, 11) is 1.67. The van der Waals surface area contributed by atoms with Crippen LogP contribution in [0.2, 0.25) is 0 Å². The topological polar surface area (TPSA) is 22.1 Å². The summed E-state index contributed by atoms with van der Waals surface area (Å²) in [6, 6.07) is 7.92. The Bertz CT molecular complexity index is 392. The van der Waals surface area contributed by atoms with Crippen LogP contribution in [0.25, 0.3) is 10.8 Å². The van der Waals surface area contributed by atoms with Crippen LogP contribution in [0.1, 0.15) is 0 Å². The molecule has 1 aromatic carbocycles. The van der Waals surface area contributed by atoms with Gasteiger partial charge in [0.25, 0.3) is 0 Å². The van der Waals surface area contributed by atoms with Gasteiger partial charge < -0.3 is 4.74 Å². The normalized spacial score (nSPS) is 10.1.